The van der Waals surface area contributed by atoms with Gasteiger partial charge in [0.25, 0.3) is 0 Å². The Kier molecular flexibility index (Phi) is 4.79. The normalized spacial score (nSPS) is 10.6. The number of anilines is 1. The summed E-state index contributed by atoms with van der Waals surface area (Å²) in [5.41, 5.74) is 3.29. The van der Waals surface area contributed by atoms with Gasteiger partial charge in [-0.1, -0.05) is 18.2 Å². The molecule has 0 saturated heterocycles. The first-order valence-corrected chi connectivity index (χ1v) is 7.90. The van der Waals surface area contributed by atoms with Crippen LogP contribution < -0.4 is 5.32 Å². The number of carbonyl (C=O) groups excluding carboxylic acids is 2. The van der Waals surface area contributed by atoms with Crippen LogP contribution >= 0.6 is 0 Å². The Balaban J connectivity index is 1.65. The molecule has 0 bridgehead atoms. The Bertz CT molecular complexity index is 930. The topological polar surface area (TPSA) is 81.4 Å². The molecule has 128 valence electrons. The van der Waals surface area contributed by atoms with E-state index in [1.807, 2.05) is 18.2 Å². The second kappa shape index (κ2) is 7.17. The number of oxazole rings is 1. The second-order valence-corrected chi connectivity index (χ2v) is 5.62. The number of para-hydroxylation sites is 1. The number of ether oxygens (including phenoxy) is 1. The summed E-state index contributed by atoms with van der Waals surface area (Å²) < 4.78 is 10.2. The first kappa shape index (κ1) is 16.7. The van der Waals surface area contributed by atoms with Gasteiger partial charge in [-0.2, -0.15) is 0 Å². The second-order valence-electron chi connectivity index (χ2n) is 5.62. The fourth-order valence-corrected chi connectivity index (χ4v) is 2.59. The molecule has 0 saturated carbocycles. The van der Waals surface area contributed by atoms with Gasteiger partial charge in [0, 0.05) is 13.3 Å². The molecular weight excluding hydrogens is 320 g/mol. The van der Waals surface area contributed by atoms with Crippen LogP contribution in [0.3, 0.4) is 0 Å². The number of nitrogens with zero attached hydrogens (tertiary/aromatic N) is 1. The molecule has 0 aliphatic rings. The third-order valence-corrected chi connectivity index (χ3v) is 3.81. The number of methoxy groups -OCH3 is 1. The van der Waals surface area contributed by atoms with Gasteiger partial charge in [0.05, 0.1) is 18.4 Å². The van der Waals surface area contributed by atoms with Crippen LogP contribution in [0.25, 0.3) is 11.1 Å². The van der Waals surface area contributed by atoms with Gasteiger partial charge in [-0.05, 0) is 36.2 Å². The lowest BCUT2D eigenvalue weighted by Gasteiger charge is -2.09. The minimum absolute atomic E-state index is 0.173. The lowest BCUT2D eigenvalue weighted by molar-refractivity contribution is -0.116. The summed E-state index contributed by atoms with van der Waals surface area (Å²) in [6, 6.07) is 12.5. The van der Waals surface area contributed by atoms with Crippen LogP contribution in [0.5, 0.6) is 0 Å². The van der Waals surface area contributed by atoms with Gasteiger partial charge in [0.2, 0.25) is 5.91 Å². The van der Waals surface area contributed by atoms with E-state index in [4.69, 9.17) is 9.15 Å². The van der Waals surface area contributed by atoms with Crippen LogP contribution in [0, 0.1) is 6.92 Å². The Morgan fingerprint density at radius 2 is 2.00 bits per heavy atom. The third-order valence-electron chi connectivity index (χ3n) is 3.81. The van der Waals surface area contributed by atoms with Crippen molar-refractivity contribution in [3.63, 3.8) is 0 Å². The molecule has 0 unspecified atom stereocenters. The number of hydrogen-bond donors (Lipinski definition) is 1. The molecule has 1 amide bonds. The van der Waals surface area contributed by atoms with Gasteiger partial charge in [-0.25, -0.2) is 9.78 Å². The van der Waals surface area contributed by atoms with Crippen molar-refractivity contribution in [2.24, 2.45) is 0 Å². The highest BCUT2D eigenvalue weighted by Gasteiger charge is 2.13. The fraction of sp³-hybridized carbons (Fsp3) is 0.211. The highest BCUT2D eigenvalue weighted by molar-refractivity contribution is 6.01. The van der Waals surface area contributed by atoms with Gasteiger partial charge in [-0.15, -0.1) is 0 Å². The van der Waals surface area contributed by atoms with Crippen molar-refractivity contribution in [1.82, 2.24) is 4.98 Å². The lowest BCUT2D eigenvalue weighted by atomic mass is 10.1. The van der Waals surface area contributed by atoms with Crippen LogP contribution in [0.4, 0.5) is 5.69 Å². The zero-order chi connectivity index (χ0) is 17.8. The number of esters is 1. The molecule has 6 nitrogen and oxygen atoms in total. The standard InChI is InChI=1S/C19H18N2O4/c1-12-20-16-11-13(7-9-17(16)25-12)8-10-18(22)21-15-6-4-3-5-14(15)19(23)24-2/h3-7,9,11H,8,10H2,1-2H3,(H,21,22). The molecule has 25 heavy (non-hydrogen) atoms. The van der Waals surface area contributed by atoms with Crippen molar-refractivity contribution in [2.75, 3.05) is 12.4 Å². The highest BCUT2D eigenvalue weighted by atomic mass is 16.5. The molecule has 0 aliphatic carbocycles. The monoisotopic (exact) mass is 338 g/mol. The van der Waals surface area contributed by atoms with Crippen LogP contribution in [0.2, 0.25) is 0 Å². The van der Waals surface area contributed by atoms with E-state index in [1.165, 1.54) is 7.11 Å². The predicted molar refractivity (Wildman–Crippen MR) is 93.5 cm³/mol. The molecule has 0 aliphatic heterocycles. The maximum absolute atomic E-state index is 12.2. The molecule has 1 aromatic heterocycles. The van der Waals surface area contributed by atoms with Crippen LogP contribution in [0.15, 0.2) is 46.9 Å². The van der Waals surface area contributed by atoms with E-state index in [2.05, 4.69) is 10.3 Å². The summed E-state index contributed by atoms with van der Waals surface area (Å²) in [5.74, 6) is -0.0418. The Morgan fingerprint density at radius 3 is 2.80 bits per heavy atom. The smallest absolute Gasteiger partial charge is 0.339 e. The minimum atomic E-state index is -0.484. The number of amides is 1. The number of aromatic nitrogens is 1. The first-order chi connectivity index (χ1) is 12.1. The molecular formula is C19H18N2O4. The Hall–Kier alpha value is -3.15. The van der Waals surface area contributed by atoms with E-state index in [9.17, 15) is 9.59 Å². The Labute approximate surface area is 144 Å². The van der Waals surface area contributed by atoms with E-state index in [1.54, 1.807) is 31.2 Å². The van der Waals surface area contributed by atoms with E-state index < -0.39 is 5.97 Å². The van der Waals surface area contributed by atoms with Crippen molar-refractivity contribution in [3.05, 3.63) is 59.5 Å². The number of carbonyl (C=O) groups is 2. The summed E-state index contributed by atoms with van der Waals surface area (Å²) in [7, 11) is 1.31. The summed E-state index contributed by atoms with van der Waals surface area (Å²) in [6.07, 6.45) is 0.853. The molecule has 2 aromatic carbocycles. The number of fused-ring (bicyclic) bond motifs is 1. The number of rotatable bonds is 5. The first-order valence-electron chi connectivity index (χ1n) is 7.90. The molecule has 0 spiro atoms. The van der Waals surface area contributed by atoms with Crippen LogP contribution in [-0.4, -0.2) is 24.0 Å². The molecule has 0 atom stereocenters. The zero-order valence-electron chi connectivity index (χ0n) is 14.0. The minimum Gasteiger partial charge on any atom is -0.465 e. The van der Waals surface area contributed by atoms with Crippen molar-refractivity contribution in [2.45, 2.75) is 19.8 Å². The van der Waals surface area contributed by atoms with E-state index in [0.717, 1.165) is 16.7 Å². The zero-order valence-corrected chi connectivity index (χ0v) is 14.0. The van der Waals surface area contributed by atoms with E-state index >= 15 is 0 Å². The van der Waals surface area contributed by atoms with Gasteiger partial charge in [-0.3, -0.25) is 4.79 Å². The maximum Gasteiger partial charge on any atom is 0.339 e. The van der Waals surface area contributed by atoms with Crippen molar-refractivity contribution >= 4 is 28.7 Å². The molecule has 3 rings (SSSR count). The quantitative estimate of drug-likeness (QED) is 0.720. The summed E-state index contributed by atoms with van der Waals surface area (Å²) in [4.78, 5) is 28.2. The average molecular weight is 338 g/mol. The third kappa shape index (κ3) is 3.85. The number of nitrogens with one attached hydrogen (secondary N) is 1. The summed E-state index contributed by atoms with van der Waals surface area (Å²) >= 11 is 0. The van der Waals surface area contributed by atoms with Crippen molar-refractivity contribution in [1.29, 1.82) is 0 Å². The Morgan fingerprint density at radius 1 is 1.20 bits per heavy atom. The summed E-state index contributed by atoms with van der Waals surface area (Å²) in [6.45, 7) is 1.80. The van der Waals surface area contributed by atoms with Crippen molar-refractivity contribution in [3.8, 4) is 0 Å². The fourth-order valence-electron chi connectivity index (χ4n) is 2.59. The molecule has 6 heteroatoms. The number of aryl methyl sites for hydroxylation is 2. The van der Waals surface area contributed by atoms with E-state index in [-0.39, 0.29) is 12.3 Å². The lowest BCUT2D eigenvalue weighted by Crippen LogP contribution is -2.15. The predicted octanol–water partition coefficient (Wildman–Crippen LogP) is 3.49. The highest BCUT2D eigenvalue weighted by Crippen LogP contribution is 2.19. The summed E-state index contributed by atoms with van der Waals surface area (Å²) in [5, 5.41) is 2.76. The molecule has 0 fully saturated rings. The van der Waals surface area contributed by atoms with Gasteiger partial charge in [0.15, 0.2) is 11.5 Å². The molecule has 1 N–H and O–H groups in total. The largest absolute Gasteiger partial charge is 0.465 e. The molecule has 3 aromatic rings. The van der Waals surface area contributed by atoms with Crippen LogP contribution in [-0.2, 0) is 16.0 Å². The molecule has 1 heterocycles. The average Bonchev–Trinajstić information content (AvgIpc) is 2.99. The number of hydrogen-bond acceptors (Lipinski definition) is 5. The van der Waals surface area contributed by atoms with Gasteiger partial charge in [0.1, 0.15) is 5.52 Å². The van der Waals surface area contributed by atoms with Crippen molar-refractivity contribution < 1.29 is 18.7 Å². The maximum atomic E-state index is 12.2. The van der Waals surface area contributed by atoms with Gasteiger partial charge < -0.3 is 14.5 Å². The van der Waals surface area contributed by atoms with Gasteiger partial charge >= 0.3 is 5.97 Å². The SMILES string of the molecule is COC(=O)c1ccccc1NC(=O)CCc1ccc2oc(C)nc2c1. The molecule has 0 radical (unpaired) electrons. The van der Waals surface area contributed by atoms with E-state index in [0.29, 0.717) is 23.6 Å². The van der Waals surface area contributed by atoms with Crippen LogP contribution in [0.1, 0.15) is 28.2 Å². The number of benzene rings is 2.